The van der Waals surface area contributed by atoms with Crippen molar-refractivity contribution in [1.82, 2.24) is 4.37 Å². The maximum absolute atomic E-state index is 6.10. The number of rotatable bonds is 3. The van der Waals surface area contributed by atoms with Gasteiger partial charge >= 0.3 is 7.12 Å². The average molecular weight is 330 g/mol. The maximum Gasteiger partial charge on any atom is 0.494 e. The van der Waals surface area contributed by atoms with Gasteiger partial charge in [0, 0.05) is 7.05 Å². The number of hydrogen-bond acceptors (Lipinski definition) is 5. The number of hydrogen-bond donors (Lipinski definition) is 1. The molecule has 122 valence electrons. The van der Waals surface area contributed by atoms with Crippen LogP contribution in [0.2, 0.25) is 0 Å². The van der Waals surface area contributed by atoms with Crippen LogP contribution in [0, 0.1) is 6.92 Å². The topological polar surface area (TPSA) is 43.4 Å². The third-order valence-corrected chi connectivity index (χ3v) is 5.80. The van der Waals surface area contributed by atoms with Crippen molar-refractivity contribution >= 4 is 29.8 Å². The lowest BCUT2D eigenvalue weighted by Gasteiger charge is -2.32. The molecule has 1 aliphatic heterocycles. The van der Waals surface area contributed by atoms with Gasteiger partial charge in [0.15, 0.2) is 0 Å². The van der Waals surface area contributed by atoms with E-state index in [-0.39, 0.29) is 18.3 Å². The summed E-state index contributed by atoms with van der Waals surface area (Å²) in [5, 5.41) is 3.23. The Morgan fingerprint density at radius 3 is 2.13 bits per heavy atom. The molecular weight excluding hydrogens is 307 g/mol. The van der Waals surface area contributed by atoms with E-state index in [0.29, 0.717) is 0 Å². The molecule has 0 radical (unpaired) electrons. The van der Waals surface area contributed by atoms with Crippen LogP contribution in [-0.2, 0) is 9.31 Å². The molecule has 3 rings (SSSR count). The molecule has 6 heteroatoms. The molecule has 0 unspecified atom stereocenters. The van der Waals surface area contributed by atoms with E-state index < -0.39 is 0 Å². The molecule has 23 heavy (non-hydrogen) atoms. The monoisotopic (exact) mass is 330 g/mol. The second kappa shape index (κ2) is 5.62. The highest BCUT2D eigenvalue weighted by Gasteiger charge is 2.51. The minimum Gasteiger partial charge on any atom is -0.399 e. The summed E-state index contributed by atoms with van der Waals surface area (Å²) < 4.78 is 16.6. The SMILES string of the molecule is CNc1c(C)nsc1-c1ccc(B2OC(C)(C)C(C)(C)O2)cc1. The lowest BCUT2D eigenvalue weighted by atomic mass is 9.79. The Balaban J connectivity index is 1.86. The molecule has 1 aromatic carbocycles. The van der Waals surface area contributed by atoms with Crippen molar-refractivity contribution < 1.29 is 9.31 Å². The summed E-state index contributed by atoms with van der Waals surface area (Å²) in [6.45, 7) is 10.3. The number of benzene rings is 1. The van der Waals surface area contributed by atoms with Gasteiger partial charge in [-0.1, -0.05) is 24.3 Å². The lowest BCUT2D eigenvalue weighted by Crippen LogP contribution is -2.41. The number of anilines is 1. The van der Waals surface area contributed by atoms with Crippen LogP contribution in [0.15, 0.2) is 24.3 Å². The summed E-state index contributed by atoms with van der Waals surface area (Å²) in [5.74, 6) is 0. The molecule has 2 heterocycles. The first-order valence-corrected chi connectivity index (χ1v) is 8.62. The fourth-order valence-corrected chi connectivity index (χ4v) is 3.53. The molecule has 0 bridgehead atoms. The highest BCUT2D eigenvalue weighted by atomic mass is 32.1. The Bertz CT molecular complexity index is 694. The second-order valence-corrected chi connectivity index (χ2v) is 7.71. The van der Waals surface area contributed by atoms with E-state index >= 15 is 0 Å². The Morgan fingerprint density at radius 2 is 1.61 bits per heavy atom. The number of nitrogens with zero attached hydrogens (tertiary/aromatic N) is 1. The fourth-order valence-electron chi connectivity index (χ4n) is 2.63. The molecular formula is C17H23BN2O2S. The van der Waals surface area contributed by atoms with E-state index in [1.807, 2.05) is 14.0 Å². The molecule has 1 aliphatic rings. The lowest BCUT2D eigenvalue weighted by molar-refractivity contribution is 0.00578. The van der Waals surface area contributed by atoms with Gasteiger partial charge in [0.05, 0.1) is 27.5 Å². The molecule has 4 nitrogen and oxygen atoms in total. The van der Waals surface area contributed by atoms with Gasteiger partial charge in [0.2, 0.25) is 0 Å². The normalized spacial score (nSPS) is 19.1. The first kappa shape index (κ1) is 16.5. The van der Waals surface area contributed by atoms with E-state index in [4.69, 9.17) is 9.31 Å². The van der Waals surface area contributed by atoms with Gasteiger partial charge in [-0.15, -0.1) is 0 Å². The Labute approximate surface area is 142 Å². The van der Waals surface area contributed by atoms with E-state index in [1.54, 1.807) is 0 Å². The maximum atomic E-state index is 6.10. The van der Waals surface area contributed by atoms with Gasteiger partial charge in [0.1, 0.15) is 0 Å². The van der Waals surface area contributed by atoms with E-state index in [0.717, 1.165) is 27.3 Å². The van der Waals surface area contributed by atoms with Gasteiger partial charge in [0.25, 0.3) is 0 Å². The Hall–Kier alpha value is -1.37. The van der Waals surface area contributed by atoms with Crippen LogP contribution in [0.25, 0.3) is 10.4 Å². The van der Waals surface area contributed by atoms with Crippen LogP contribution in [-0.4, -0.2) is 29.7 Å². The van der Waals surface area contributed by atoms with Crippen LogP contribution >= 0.6 is 11.5 Å². The zero-order valence-corrected chi connectivity index (χ0v) is 15.4. The average Bonchev–Trinajstić information content (AvgIpc) is 2.96. The van der Waals surface area contributed by atoms with Crippen LogP contribution < -0.4 is 10.8 Å². The van der Waals surface area contributed by atoms with Gasteiger partial charge in [-0.05, 0) is 57.2 Å². The minimum absolute atomic E-state index is 0.315. The molecule has 1 N–H and O–H groups in total. The summed E-state index contributed by atoms with van der Waals surface area (Å²) in [7, 11) is 1.61. The molecule has 1 aromatic heterocycles. The first-order chi connectivity index (χ1) is 10.7. The zero-order chi connectivity index (χ0) is 16.8. The van der Waals surface area contributed by atoms with Crippen molar-refractivity contribution in [2.24, 2.45) is 0 Å². The molecule has 1 saturated heterocycles. The molecule has 2 aromatic rings. The third-order valence-electron chi connectivity index (χ3n) is 4.81. The summed E-state index contributed by atoms with van der Waals surface area (Å²) >= 11 is 1.52. The van der Waals surface area contributed by atoms with Crippen molar-refractivity contribution in [3.05, 3.63) is 30.0 Å². The van der Waals surface area contributed by atoms with Gasteiger partial charge in [-0.3, -0.25) is 0 Å². The quantitative estimate of drug-likeness (QED) is 0.876. The first-order valence-electron chi connectivity index (χ1n) is 7.85. The summed E-state index contributed by atoms with van der Waals surface area (Å²) in [6.07, 6.45) is 0. The van der Waals surface area contributed by atoms with Crippen LogP contribution in [0.5, 0.6) is 0 Å². The Kier molecular flexibility index (Phi) is 4.03. The van der Waals surface area contributed by atoms with Crippen molar-refractivity contribution in [2.45, 2.75) is 45.8 Å². The Morgan fingerprint density at radius 1 is 1.04 bits per heavy atom. The van der Waals surface area contributed by atoms with Crippen molar-refractivity contribution in [3.63, 3.8) is 0 Å². The highest BCUT2D eigenvalue weighted by molar-refractivity contribution is 7.10. The van der Waals surface area contributed by atoms with Crippen molar-refractivity contribution in [3.8, 4) is 10.4 Å². The predicted octanol–water partition coefficient (Wildman–Crippen LogP) is 3.46. The summed E-state index contributed by atoms with van der Waals surface area (Å²) in [5.41, 5.74) is 3.69. The van der Waals surface area contributed by atoms with Gasteiger partial charge in [-0.2, -0.15) is 4.37 Å². The van der Waals surface area contributed by atoms with Gasteiger partial charge in [-0.25, -0.2) is 0 Å². The number of nitrogens with one attached hydrogen (secondary N) is 1. The third kappa shape index (κ3) is 2.79. The predicted molar refractivity (Wildman–Crippen MR) is 97.5 cm³/mol. The molecule has 1 fully saturated rings. The molecule has 0 atom stereocenters. The number of aromatic nitrogens is 1. The van der Waals surface area contributed by atoms with Crippen LogP contribution in [0.4, 0.5) is 5.69 Å². The van der Waals surface area contributed by atoms with Gasteiger partial charge < -0.3 is 14.6 Å². The standard InChI is InChI=1S/C17H23BN2O2S/c1-11-14(19-6)15(23-20-11)12-7-9-13(10-8-12)18-21-16(2,3)17(4,5)22-18/h7-10,19H,1-6H3. The molecule has 0 aliphatic carbocycles. The van der Waals surface area contributed by atoms with E-state index in [1.165, 1.54) is 11.5 Å². The second-order valence-electron chi connectivity index (χ2n) is 6.93. The largest absolute Gasteiger partial charge is 0.494 e. The molecule has 0 saturated carbocycles. The summed E-state index contributed by atoms with van der Waals surface area (Å²) in [4.78, 5) is 1.16. The van der Waals surface area contributed by atoms with Crippen molar-refractivity contribution in [2.75, 3.05) is 12.4 Å². The van der Waals surface area contributed by atoms with Crippen molar-refractivity contribution in [1.29, 1.82) is 0 Å². The van der Waals surface area contributed by atoms with E-state index in [9.17, 15) is 0 Å². The smallest absolute Gasteiger partial charge is 0.399 e. The van der Waals surface area contributed by atoms with Crippen LogP contribution in [0.3, 0.4) is 0 Å². The summed E-state index contributed by atoms with van der Waals surface area (Å²) in [6, 6.07) is 8.36. The van der Waals surface area contributed by atoms with E-state index in [2.05, 4.69) is 61.7 Å². The highest BCUT2D eigenvalue weighted by Crippen LogP contribution is 2.37. The number of aryl methyl sites for hydroxylation is 1. The zero-order valence-electron chi connectivity index (χ0n) is 14.6. The molecule has 0 spiro atoms. The van der Waals surface area contributed by atoms with Crippen LogP contribution in [0.1, 0.15) is 33.4 Å². The minimum atomic E-state index is -0.319. The molecule has 0 amide bonds. The fraction of sp³-hybridized carbons (Fsp3) is 0.471.